The Bertz CT molecular complexity index is 586. The Morgan fingerprint density at radius 1 is 1.15 bits per heavy atom. The molecule has 6 nitrogen and oxygen atoms in total. The summed E-state index contributed by atoms with van der Waals surface area (Å²) in [6.07, 6.45) is 2.28. The summed E-state index contributed by atoms with van der Waals surface area (Å²) in [5, 5.41) is 9.34. The molecule has 0 radical (unpaired) electrons. The molecule has 1 aliphatic rings. The largest absolute Gasteiger partial charge is 0.373 e. The van der Waals surface area contributed by atoms with Crippen LogP contribution in [0.4, 0.5) is 0 Å². The van der Waals surface area contributed by atoms with E-state index in [1.807, 2.05) is 13.8 Å². The highest BCUT2D eigenvalue weighted by Crippen LogP contribution is 2.33. The Hall–Kier alpha value is -2.08. The van der Waals surface area contributed by atoms with E-state index in [2.05, 4.69) is 52.1 Å². The number of rotatable bonds is 7. The SMILES string of the molecule is CCNC(=O)CN=C(NCC)NCC1CCCOC1c1ccc(C)cc1. The lowest BCUT2D eigenvalue weighted by molar-refractivity contribution is -0.119. The number of carbonyl (C=O) groups is 1. The molecule has 0 aliphatic carbocycles. The molecule has 1 heterocycles. The third-order valence-electron chi connectivity index (χ3n) is 4.48. The van der Waals surface area contributed by atoms with E-state index >= 15 is 0 Å². The second kappa shape index (κ2) is 10.8. The Morgan fingerprint density at radius 2 is 1.88 bits per heavy atom. The van der Waals surface area contributed by atoms with Crippen LogP contribution in [-0.4, -0.2) is 44.7 Å². The summed E-state index contributed by atoms with van der Waals surface area (Å²) in [4.78, 5) is 16.0. The highest BCUT2D eigenvalue weighted by Gasteiger charge is 2.27. The molecule has 1 aliphatic heterocycles. The van der Waals surface area contributed by atoms with Crippen LogP contribution in [0.25, 0.3) is 0 Å². The molecule has 26 heavy (non-hydrogen) atoms. The van der Waals surface area contributed by atoms with E-state index in [-0.39, 0.29) is 18.6 Å². The predicted octanol–water partition coefficient (Wildman–Crippen LogP) is 2.15. The van der Waals surface area contributed by atoms with E-state index in [4.69, 9.17) is 4.74 Å². The van der Waals surface area contributed by atoms with Crippen molar-refractivity contribution in [2.24, 2.45) is 10.9 Å². The van der Waals surface area contributed by atoms with Crippen molar-refractivity contribution in [1.82, 2.24) is 16.0 Å². The normalized spacial score (nSPS) is 20.5. The zero-order valence-electron chi connectivity index (χ0n) is 16.2. The van der Waals surface area contributed by atoms with Crippen molar-refractivity contribution in [2.75, 3.05) is 32.8 Å². The van der Waals surface area contributed by atoms with Gasteiger partial charge < -0.3 is 20.7 Å². The van der Waals surface area contributed by atoms with Gasteiger partial charge in [0, 0.05) is 32.2 Å². The number of amides is 1. The van der Waals surface area contributed by atoms with Crippen molar-refractivity contribution in [3.05, 3.63) is 35.4 Å². The average Bonchev–Trinajstić information content (AvgIpc) is 2.65. The van der Waals surface area contributed by atoms with Crippen LogP contribution in [0.5, 0.6) is 0 Å². The first-order chi connectivity index (χ1) is 12.6. The van der Waals surface area contributed by atoms with Crippen LogP contribution in [0, 0.1) is 12.8 Å². The van der Waals surface area contributed by atoms with Crippen molar-refractivity contribution in [3.63, 3.8) is 0 Å². The lowest BCUT2D eigenvalue weighted by Gasteiger charge is -2.32. The molecule has 1 saturated heterocycles. The minimum Gasteiger partial charge on any atom is -0.373 e. The number of guanidine groups is 1. The molecular weight excluding hydrogens is 328 g/mol. The van der Waals surface area contributed by atoms with Crippen molar-refractivity contribution < 1.29 is 9.53 Å². The number of nitrogens with one attached hydrogen (secondary N) is 3. The molecule has 0 saturated carbocycles. The maximum atomic E-state index is 11.6. The molecule has 2 unspecified atom stereocenters. The zero-order chi connectivity index (χ0) is 18.8. The summed E-state index contributed by atoms with van der Waals surface area (Å²) in [6.45, 7) is 9.09. The van der Waals surface area contributed by atoms with Crippen LogP contribution >= 0.6 is 0 Å². The number of benzene rings is 1. The number of hydrogen-bond acceptors (Lipinski definition) is 3. The number of ether oxygens (including phenoxy) is 1. The van der Waals surface area contributed by atoms with Crippen LogP contribution < -0.4 is 16.0 Å². The highest BCUT2D eigenvalue weighted by molar-refractivity contribution is 5.84. The van der Waals surface area contributed by atoms with E-state index in [1.165, 1.54) is 11.1 Å². The monoisotopic (exact) mass is 360 g/mol. The third-order valence-corrected chi connectivity index (χ3v) is 4.48. The molecule has 144 valence electrons. The van der Waals surface area contributed by atoms with Gasteiger partial charge in [-0.1, -0.05) is 29.8 Å². The van der Waals surface area contributed by atoms with Crippen molar-refractivity contribution in [3.8, 4) is 0 Å². The Kier molecular flexibility index (Phi) is 8.41. The second-order valence-electron chi connectivity index (χ2n) is 6.63. The van der Waals surface area contributed by atoms with Gasteiger partial charge in [-0.15, -0.1) is 0 Å². The minimum atomic E-state index is -0.0664. The predicted molar refractivity (Wildman–Crippen MR) is 105 cm³/mol. The second-order valence-corrected chi connectivity index (χ2v) is 6.63. The molecular formula is C20H32N4O2. The summed E-state index contributed by atoms with van der Waals surface area (Å²) in [7, 11) is 0. The molecule has 0 bridgehead atoms. The van der Waals surface area contributed by atoms with E-state index in [0.29, 0.717) is 18.4 Å². The molecule has 6 heteroatoms. The summed E-state index contributed by atoms with van der Waals surface area (Å²) >= 11 is 0. The molecule has 0 aromatic heterocycles. The summed E-state index contributed by atoms with van der Waals surface area (Å²) < 4.78 is 6.07. The molecule has 2 rings (SSSR count). The Balaban J connectivity index is 1.97. The number of hydrogen-bond donors (Lipinski definition) is 3. The van der Waals surface area contributed by atoms with Gasteiger partial charge in [-0.05, 0) is 39.2 Å². The lowest BCUT2D eigenvalue weighted by Crippen LogP contribution is -2.42. The zero-order valence-corrected chi connectivity index (χ0v) is 16.2. The first kappa shape index (κ1) is 20.2. The Labute approximate surface area is 156 Å². The van der Waals surface area contributed by atoms with Gasteiger partial charge >= 0.3 is 0 Å². The fourth-order valence-electron chi connectivity index (χ4n) is 3.15. The van der Waals surface area contributed by atoms with E-state index < -0.39 is 0 Å². The van der Waals surface area contributed by atoms with Gasteiger partial charge in [-0.25, -0.2) is 4.99 Å². The summed E-state index contributed by atoms with van der Waals surface area (Å²) in [6, 6.07) is 8.59. The van der Waals surface area contributed by atoms with Crippen LogP contribution in [0.3, 0.4) is 0 Å². The van der Waals surface area contributed by atoms with Crippen LogP contribution in [0.1, 0.15) is 43.9 Å². The van der Waals surface area contributed by atoms with Crippen molar-refractivity contribution >= 4 is 11.9 Å². The van der Waals surface area contributed by atoms with Crippen LogP contribution in [0.2, 0.25) is 0 Å². The first-order valence-electron chi connectivity index (χ1n) is 9.61. The van der Waals surface area contributed by atoms with Crippen molar-refractivity contribution in [2.45, 2.75) is 39.7 Å². The van der Waals surface area contributed by atoms with Gasteiger partial charge in [0.25, 0.3) is 0 Å². The number of likely N-dealkylation sites (N-methyl/N-ethyl adjacent to an activating group) is 1. The van der Waals surface area contributed by atoms with Gasteiger partial charge in [0.2, 0.25) is 5.91 Å². The first-order valence-corrected chi connectivity index (χ1v) is 9.61. The summed E-state index contributed by atoms with van der Waals surface area (Å²) in [5.74, 6) is 0.981. The average molecular weight is 361 g/mol. The smallest absolute Gasteiger partial charge is 0.241 e. The van der Waals surface area contributed by atoms with E-state index in [9.17, 15) is 4.79 Å². The molecule has 1 fully saturated rings. The standard InChI is InChI=1S/C20H32N4O2/c1-4-21-18(25)14-24-20(22-5-2)23-13-17-7-6-12-26-19(17)16-10-8-15(3)9-11-16/h8-11,17,19H,4-7,12-14H2,1-3H3,(H,21,25)(H2,22,23,24). The highest BCUT2D eigenvalue weighted by atomic mass is 16.5. The minimum absolute atomic E-state index is 0.0664. The third kappa shape index (κ3) is 6.33. The number of carbonyl (C=O) groups excluding carboxylic acids is 1. The number of nitrogens with zero attached hydrogens (tertiary/aromatic N) is 1. The molecule has 3 N–H and O–H groups in total. The van der Waals surface area contributed by atoms with Gasteiger partial charge in [0.05, 0.1) is 6.10 Å². The molecule has 1 aromatic carbocycles. The molecule has 1 amide bonds. The van der Waals surface area contributed by atoms with E-state index in [0.717, 1.165) is 32.5 Å². The fraction of sp³-hybridized carbons (Fsp3) is 0.600. The fourth-order valence-corrected chi connectivity index (χ4v) is 3.15. The maximum Gasteiger partial charge on any atom is 0.241 e. The topological polar surface area (TPSA) is 74.8 Å². The number of aliphatic imine (C=N–C) groups is 1. The van der Waals surface area contributed by atoms with Gasteiger partial charge in [0.15, 0.2) is 5.96 Å². The quantitative estimate of drug-likeness (QED) is 0.514. The van der Waals surface area contributed by atoms with Crippen LogP contribution in [0.15, 0.2) is 29.3 Å². The lowest BCUT2D eigenvalue weighted by atomic mass is 9.89. The Morgan fingerprint density at radius 3 is 2.58 bits per heavy atom. The maximum absolute atomic E-state index is 11.6. The summed E-state index contributed by atoms with van der Waals surface area (Å²) in [5.41, 5.74) is 2.48. The van der Waals surface area contributed by atoms with Gasteiger partial charge in [-0.2, -0.15) is 0 Å². The van der Waals surface area contributed by atoms with Gasteiger partial charge in [-0.3, -0.25) is 4.79 Å². The van der Waals surface area contributed by atoms with Crippen molar-refractivity contribution in [1.29, 1.82) is 0 Å². The van der Waals surface area contributed by atoms with Crippen LogP contribution in [-0.2, 0) is 9.53 Å². The van der Waals surface area contributed by atoms with Gasteiger partial charge in [0.1, 0.15) is 6.54 Å². The number of aryl methyl sites for hydroxylation is 1. The molecule has 2 atom stereocenters. The van der Waals surface area contributed by atoms with E-state index in [1.54, 1.807) is 0 Å². The molecule has 1 aromatic rings. The molecule has 0 spiro atoms.